The van der Waals surface area contributed by atoms with Crippen molar-refractivity contribution in [1.29, 1.82) is 0 Å². The third kappa shape index (κ3) is 3.29. The average molecular weight is 289 g/mol. The van der Waals surface area contributed by atoms with E-state index in [1.165, 1.54) is 19.3 Å². The molecule has 1 saturated heterocycles. The number of hydrogen-bond donors (Lipinski definition) is 0. The number of rotatable bonds is 6. The molecule has 0 amide bonds. The molecule has 1 atom stereocenters. The van der Waals surface area contributed by atoms with Gasteiger partial charge in [0, 0.05) is 0 Å². The molecular weight excluding hydrogens is 262 g/mol. The van der Waals surface area contributed by atoms with Crippen LogP contribution in [0.2, 0.25) is 0 Å². The molecule has 1 fully saturated rings. The first-order chi connectivity index (χ1) is 10.1. The minimum atomic E-state index is -0.423. The Morgan fingerprint density at radius 1 is 1.19 bits per heavy atom. The van der Waals surface area contributed by atoms with Crippen LogP contribution < -0.4 is 4.74 Å². The summed E-state index contributed by atoms with van der Waals surface area (Å²) in [5.74, 6) is 0.901. The number of carbonyl (C=O) groups excluding carboxylic acids is 1. The van der Waals surface area contributed by atoms with E-state index in [9.17, 15) is 4.79 Å². The standard InChI is InChI=1S/C18H27NO2/c1-4-18(3,19-13-9-6-10-14-19)17(20)15-11-7-8-12-16(15)21-5-2/h7-8,11-12H,4-6,9-10,13-14H2,1-3H3. The summed E-state index contributed by atoms with van der Waals surface area (Å²) in [4.78, 5) is 15.5. The van der Waals surface area contributed by atoms with Crippen molar-refractivity contribution in [3.05, 3.63) is 29.8 Å². The first-order valence-electron chi connectivity index (χ1n) is 8.15. The van der Waals surface area contributed by atoms with Crippen LogP contribution in [-0.2, 0) is 0 Å². The zero-order valence-electron chi connectivity index (χ0n) is 13.5. The Balaban J connectivity index is 2.31. The predicted octanol–water partition coefficient (Wildman–Crippen LogP) is 3.92. The molecular formula is C18H27NO2. The highest BCUT2D eigenvalue weighted by atomic mass is 16.5. The molecule has 0 aliphatic carbocycles. The van der Waals surface area contributed by atoms with Gasteiger partial charge in [-0.2, -0.15) is 0 Å². The van der Waals surface area contributed by atoms with E-state index in [0.717, 1.165) is 19.5 Å². The molecule has 2 rings (SSSR count). The molecule has 3 nitrogen and oxygen atoms in total. The van der Waals surface area contributed by atoms with Crippen LogP contribution in [0.3, 0.4) is 0 Å². The average Bonchev–Trinajstić information content (AvgIpc) is 2.55. The van der Waals surface area contributed by atoms with Gasteiger partial charge in [-0.1, -0.05) is 25.5 Å². The fourth-order valence-electron chi connectivity index (χ4n) is 3.14. The van der Waals surface area contributed by atoms with E-state index in [0.29, 0.717) is 17.9 Å². The van der Waals surface area contributed by atoms with Crippen LogP contribution >= 0.6 is 0 Å². The number of Topliss-reactive ketones (excluding diaryl/α,β-unsaturated/α-hetero) is 1. The van der Waals surface area contributed by atoms with Gasteiger partial charge in [0.05, 0.1) is 17.7 Å². The molecule has 0 N–H and O–H groups in total. The second-order valence-corrected chi connectivity index (χ2v) is 5.93. The van der Waals surface area contributed by atoms with Gasteiger partial charge in [-0.05, 0) is 58.3 Å². The van der Waals surface area contributed by atoms with Gasteiger partial charge in [-0.15, -0.1) is 0 Å². The SMILES string of the molecule is CCOc1ccccc1C(=O)C(C)(CC)N1CCCCC1. The third-order valence-corrected chi connectivity index (χ3v) is 4.66. The number of carbonyl (C=O) groups is 1. The van der Waals surface area contributed by atoms with E-state index in [1.54, 1.807) is 0 Å². The van der Waals surface area contributed by atoms with Crippen LogP contribution in [0, 0.1) is 0 Å². The third-order valence-electron chi connectivity index (χ3n) is 4.66. The molecule has 21 heavy (non-hydrogen) atoms. The summed E-state index contributed by atoms with van der Waals surface area (Å²) in [6.07, 6.45) is 4.48. The summed E-state index contributed by atoms with van der Waals surface area (Å²) >= 11 is 0. The molecule has 0 saturated carbocycles. The Morgan fingerprint density at radius 2 is 1.86 bits per heavy atom. The lowest BCUT2D eigenvalue weighted by molar-refractivity contribution is 0.0502. The Labute approximate surface area is 128 Å². The minimum absolute atomic E-state index is 0.191. The zero-order chi connectivity index (χ0) is 15.3. The predicted molar refractivity (Wildman–Crippen MR) is 86.1 cm³/mol. The van der Waals surface area contributed by atoms with Crippen LogP contribution in [0.1, 0.15) is 56.8 Å². The minimum Gasteiger partial charge on any atom is -0.493 e. The summed E-state index contributed by atoms with van der Waals surface area (Å²) in [6, 6.07) is 7.63. The number of ether oxygens (including phenoxy) is 1. The highest BCUT2D eigenvalue weighted by molar-refractivity contribution is 6.05. The van der Waals surface area contributed by atoms with E-state index in [1.807, 2.05) is 31.2 Å². The lowest BCUT2D eigenvalue weighted by Gasteiger charge is -2.42. The maximum absolute atomic E-state index is 13.2. The number of hydrogen-bond acceptors (Lipinski definition) is 3. The fraction of sp³-hybridized carbons (Fsp3) is 0.611. The van der Waals surface area contributed by atoms with Crippen LogP contribution in [-0.4, -0.2) is 35.9 Å². The van der Waals surface area contributed by atoms with Crippen LogP contribution in [0.15, 0.2) is 24.3 Å². The van der Waals surface area contributed by atoms with Gasteiger partial charge in [-0.25, -0.2) is 0 Å². The normalized spacial score (nSPS) is 19.0. The fourth-order valence-corrected chi connectivity index (χ4v) is 3.14. The highest BCUT2D eigenvalue weighted by Gasteiger charge is 2.39. The van der Waals surface area contributed by atoms with Crippen molar-refractivity contribution in [2.75, 3.05) is 19.7 Å². The Bertz CT molecular complexity index is 480. The number of benzene rings is 1. The largest absolute Gasteiger partial charge is 0.493 e. The molecule has 1 heterocycles. The summed E-state index contributed by atoms with van der Waals surface area (Å²) < 4.78 is 5.65. The maximum Gasteiger partial charge on any atom is 0.186 e. The van der Waals surface area contributed by atoms with Gasteiger partial charge in [0.15, 0.2) is 5.78 Å². The quantitative estimate of drug-likeness (QED) is 0.743. The Hall–Kier alpha value is -1.35. The van der Waals surface area contributed by atoms with E-state index in [4.69, 9.17) is 4.74 Å². The van der Waals surface area contributed by atoms with Crippen molar-refractivity contribution >= 4 is 5.78 Å². The van der Waals surface area contributed by atoms with Gasteiger partial charge >= 0.3 is 0 Å². The molecule has 0 bridgehead atoms. The highest BCUT2D eigenvalue weighted by Crippen LogP contribution is 2.31. The first-order valence-corrected chi connectivity index (χ1v) is 8.15. The van der Waals surface area contributed by atoms with Gasteiger partial charge < -0.3 is 4.74 Å². The van der Waals surface area contributed by atoms with E-state index < -0.39 is 5.54 Å². The zero-order valence-corrected chi connectivity index (χ0v) is 13.5. The Morgan fingerprint density at radius 3 is 2.48 bits per heavy atom. The number of piperidine rings is 1. The van der Waals surface area contributed by atoms with Crippen LogP contribution in [0.25, 0.3) is 0 Å². The summed E-state index contributed by atoms with van der Waals surface area (Å²) in [7, 11) is 0. The Kier molecular flexibility index (Phi) is 5.40. The molecule has 116 valence electrons. The number of nitrogens with zero attached hydrogens (tertiary/aromatic N) is 1. The van der Waals surface area contributed by atoms with Crippen molar-refractivity contribution < 1.29 is 9.53 Å². The van der Waals surface area contributed by atoms with E-state index in [2.05, 4.69) is 18.7 Å². The van der Waals surface area contributed by atoms with Gasteiger partial charge in [0.1, 0.15) is 5.75 Å². The van der Waals surface area contributed by atoms with Crippen LogP contribution in [0.5, 0.6) is 5.75 Å². The van der Waals surface area contributed by atoms with E-state index in [-0.39, 0.29) is 5.78 Å². The van der Waals surface area contributed by atoms with E-state index >= 15 is 0 Å². The van der Waals surface area contributed by atoms with Crippen molar-refractivity contribution in [3.63, 3.8) is 0 Å². The second-order valence-electron chi connectivity index (χ2n) is 5.93. The van der Waals surface area contributed by atoms with Crippen molar-refractivity contribution in [1.82, 2.24) is 4.90 Å². The second kappa shape index (κ2) is 7.08. The molecule has 1 aromatic rings. The van der Waals surface area contributed by atoms with Crippen molar-refractivity contribution in [2.45, 2.75) is 52.0 Å². The summed E-state index contributed by atoms with van der Waals surface area (Å²) in [5.41, 5.74) is 0.294. The molecule has 0 radical (unpaired) electrons. The number of ketones is 1. The van der Waals surface area contributed by atoms with Crippen molar-refractivity contribution in [3.8, 4) is 5.75 Å². The number of para-hydroxylation sites is 1. The smallest absolute Gasteiger partial charge is 0.186 e. The van der Waals surface area contributed by atoms with Gasteiger partial charge in [0.2, 0.25) is 0 Å². The first kappa shape index (κ1) is 16.0. The van der Waals surface area contributed by atoms with Crippen molar-refractivity contribution in [2.24, 2.45) is 0 Å². The monoisotopic (exact) mass is 289 g/mol. The van der Waals surface area contributed by atoms with Gasteiger partial charge in [0.25, 0.3) is 0 Å². The maximum atomic E-state index is 13.2. The topological polar surface area (TPSA) is 29.5 Å². The van der Waals surface area contributed by atoms with Crippen LogP contribution in [0.4, 0.5) is 0 Å². The molecule has 3 heteroatoms. The summed E-state index contributed by atoms with van der Waals surface area (Å²) in [5, 5.41) is 0. The lowest BCUT2D eigenvalue weighted by Crippen LogP contribution is -2.54. The molecule has 1 unspecified atom stereocenters. The number of likely N-dealkylation sites (tertiary alicyclic amines) is 1. The lowest BCUT2D eigenvalue weighted by atomic mass is 9.85. The molecule has 0 spiro atoms. The molecule has 1 aromatic carbocycles. The van der Waals surface area contributed by atoms with Gasteiger partial charge in [-0.3, -0.25) is 9.69 Å². The molecule has 1 aliphatic rings. The summed E-state index contributed by atoms with van der Waals surface area (Å²) in [6.45, 7) is 8.76. The molecule has 0 aromatic heterocycles. The molecule has 1 aliphatic heterocycles.